The summed E-state index contributed by atoms with van der Waals surface area (Å²) in [6, 6.07) is 39.0. The first-order valence-corrected chi connectivity index (χ1v) is 12.4. The number of carbonyl (C=O) groups excluding carboxylic acids is 2. The molecule has 0 spiro atoms. The van der Waals surface area contributed by atoms with Gasteiger partial charge in [-0.05, 0) is 28.7 Å². The summed E-state index contributed by atoms with van der Waals surface area (Å²) in [5.41, 5.74) is 4.15. The van der Waals surface area contributed by atoms with Crippen molar-refractivity contribution in [1.82, 2.24) is 10.2 Å². The Bertz CT molecular complexity index is 1110. The number of benzene rings is 4. The Morgan fingerprint density at radius 3 is 1.64 bits per heavy atom. The van der Waals surface area contributed by atoms with Gasteiger partial charge in [0.1, 0.15) is 6.04 Å². The lowest BCUT2D eigenvalue weighted by Crippen LogP contribution is -2.50. The minimum atomic E-state index is -0.625. The number of aryl methyl sites for hydroxylation is 1. The minimum absolute atomic E-state index is 0.0292. The fraction of sp³-hybridized carbons (Fsp3) is 0.188. The normalized spacial score (nSPS) is 11.4. The fourth-order valence-electron chi connectivity index (χ4n) is 4.28. The lowest BCUT2D eigenvalue weighted by Gasteiger charge is -2.31. The largest absolute Gasteiger partial charge is 0.350 e. The molecule has 0 aromatic heterocycles. The molecule has 2 amide bonds. The van der Waals surface area contributed by atoms with Gasteiger partial charge in [-0.25, -0.2) is 0 Å². The van der Waals surface area contributed by atoms with Crippen LogP contribution in [0, 0.1) is 0 Å². The van der Waals surface area contributed by atoms with Crippen LogP contribution < -0.4 is 5.32 Å². The molecule has 1 N–H and O–H groups in total. The third-order valence-electron chi connectivity index (χ3n) is 6.25. The summed E-state index contributed by atoms with van der Waals surface area (Å²) < 4.78 is 0. The van der Waals surface area contributed by atoms with Gasteiger partial charge in [0.25, 0.3) is 0 Å². The van der Waals surface area contributed by atoms with Crippen molar-refractivity contribution in [2.45, 2.75) is 38.4 Å². The number of amides is 2. The highest BCUT2D eigenvalue weighted by Gasteiger charge is 2.30. The number of carbonyl (C=O) groups is 2. The zero-order valence-electron chi connectivity index (χ0n) is 20.4. The summed E-state index contributed by atoms with van der Waals surface area (Å²) in [6.45, 7) is 0.799. The number of nitrogens with zero attached hydrogens (tertiary/aromatic N) is 1. The van der Waals surface area contributed by atoms with Gasteiger partial charge in [-0.3, -0.25) is 9.59 Å². The maximum atomic E-state index is 13.7. The topological polar surface area (TPSA) is 49.4 Å². The van der Waals surface area contributed by atoms with Gasteiger partial charge in [0.15, 0.2) is 0 Å². The molecule has 4 aromatic carbocycles. The summed E-state index contributed by atoms with van der Waals surface area (Å²) in [4.78, 5) is 29.1. The van der Waals surface area contributed by atoms with Gasteiger partial charge in [-0.1, -0.05) is 121 Å². The Morgan fingerprint density at radius 2 is 1.08 bits per heavy atom. The van der Waals surface area contributed by atoms with Gasteiger partial charge in [-0.15, -0.1) is 0 Å². The Hall–Kier alpha value is -4.18. The van der Waals surface area contributed by atoms with Crippen molar-refractivity contribution in [3.63, 3.8) is 0 Å². The van der Waals surface area contributed by atoms with E-state index in [1.165, 1.54) is 0 Å². The van der Waals surface area contributed by atoms with Crippen molar-refractivity contribution in [3.8, 4) is 0 Å². The number of hydrogen-bond donors (Lipinski definition) is 1. The quantitative estimate of drug-likeness (QED) is 0.307. The van der Waals surface area contributed by atoms with E-state index in [1.54, 1.807) is 4.90 Å². The average molecular weight is 477 g/mol. The fourth-order valence-corrected chi connectivity index (χ4v) is 4.28. The minimum Gasteiger partial charge on any atom is -0.350 e. The summed E-state index contributed by atoms with van der Waals surface area (Å²) in [5, 5.41) is 3.08. The molecule has 0 fully saturated rings. The molecule has 36 heavy (non-hydrogen) atoms. The predicted molar refractivity (Wildman–Crippen MR) is 144 cm³/mol. The van der Waals surface area contributed by atoms with Crippen LogP contribution in [0.15, 0.2) is 121 Å². The maximum absolute atomic E-state index is 13.7. The van der Waals surface area contributed by atoms with Crippen molar-refractivity contribution < 1.29 is 9.59 Å². The van der Waals surface area contributed by atoms with Crippen molar-refractivity contribution >= 4 is 11.8 Å². The molecule has 0 saturated carbocycles. The second-order valence-corrected chi connectivity index (χ2v) is 8.90. The predicted octanol–water partition coefficient (Wildman–Crippen LogP) is 5.58. The molecule has 4 aromatic rings. The number of rotatable bonds is 11. The first-order valence-electron chi connectivity index (χ1n) is 12.4. The standard InChI is InChI=1S/C32H32N2O2/c35-31(22-21-26-13-5-1-6-14-26)34(25-29-19-11-4-12-20-29)30(23-27-15-7-2-8-16-27)32(36)33-24-28-17-9-3-10-18-28/h1-20,30H,21-25H2,(H,33,36). The smallest absolute Gasteiger partial charge is 0.243 e. The van der Waals surface area contributed by atoms with E-state index in [1.807, 2.05) is 121 Å². The first kappa shape index (κ1) is 24.9. The molecule has 4 nitrogen and oxygen atoms in total. The molecular weight excluding hydrogens is 444 g/mol. The van der Waals surface area contributed by atoms with Crippen molar-refractivity contribution in [2.24, 2.45) is 0 Å². The van der Waals surface area contributed by atoms with Crippen molar-refractivity contribution in [1.29, 1.82) is 0 Å². The van der Waals surface area contributed by atoms with Gasteiger partial charge in [0.05, 0.1) is 0 Å². The van der Waals surface area contributed by atoms with Gasteiger partial charge >= 0.3 is 0 Å². The van der Waals surface area contributed by atoms with Crippen LogP contribution in [-0.2, 0) is 35.5 Å². The first-order chi connectivity index (χ1) is 17.7. The van der Waals surface area contributed by atoms with Gasteiger partial charge < -0.3 is 10.2 Å². The Labute approximate surface area is 213 Å². The van der Waals surface area contributed by atoms with E-state index in [0.29, 0.717) is 32.4 Å². The third-order valence-corrected chi connectivity index (χ3v) is 6.25. The van der Waals surface area contributed by atoms with E-state index in [4.69, 9.17) is 0 Å². The monoisotopic (exact) mass is 476 g/mol. The molecule has 182 valence electrons. The molecule has 1 atom stereocenters. The molecular formula is C32H32N2O2. The van der Waals surface area contributed by atoms with Crippen LogP contribution in [-0.4, -0.2) is 22.8 Å². The SMILES string of the molecule is O=C(NCc1ccccc1)C(Cc1ccccc1)N(Cc1ccccc1)C(=O)CCc1ccccc1. The van der Waals surface area contributed by atoms with E-state index in [9.17, 15) is 9.59 Å². The molecule has 0 aliphatic heterocycles. The van der Waals surface area contributed by atoms with Crippen LogP contribution in [0.1, 0.15) is 28.7 Å². The number of hydrogen-bond acceptors (Lipinski definition) is 2. The van der Waals surface area contributed by atoms with Crippen LogP contribution in [0.3, 0.4) is 0 Å². The van der Waals surface area contributed by atoms with Crippen LogP contribution >= 0.6 is 0 Å². The molecule has 0 aliphatic rings. The highest BCUT2D eigenvalue weighted by molar-refractivity contribution is 5.88. The van der Waals surface area contributed by atoms with Crippen molar-refractivity contribution in [2.75, 3.05) is 0 Å². The van der Waals surface area contributed by atoms with E-state index in [2.05, 4.69) is 5.32 Å². The zero-order chi connectivity index (χ0) is 25.0. The highest BCUT2D eigenvalue weighted by Crippen LogP contribution is 2.17. The van der Waals surface area contributed by atoms with Crippen LogP contribution in [0.25, 0.3) is 0 Å². The van der Waals surface area contributed by atoms with Crippen LogP contribution in [0.2, 0.25) is 0 Å². The van der Waals surface area contributed by atoms with E-state index < -0.39 is 6.04 Å². The van der Waals surface area contributed by atoms with Gasteiger partial charge in [-0.2, -0.15) is 0 Å². The van der Waals surface area contributed by atoms with Crippen LogP contribution in [0.4, 0.5) is 0 Å². The summed E-state index contributed by atoms with van der Waals surface area (Å²) in [7, 11) is 0. The lowest BCUT2D eigenvalue weighted by molar-refractivity contribution is -0.141. The van der Waals surface area contributed by atoms with Gasteiger partial charge in [0.2, 0.25) is 11.8 Å². The number of nitrogens with one attached hydrogen (secondary N) is 1. The maximum Gasteiger partial charge on any atom is 0.243 e. The van der Waals surface area contributed by atoms with Crippen molar-refractivity contribution in [3.05, 3.63) is 144 Å². The highest BCUT2D eigenvalue weighted by atomic mass is 16.2. The molecule has 1 unspecified atom stereocenters. The van der Waals surface area contributed by atoms with E-state index in [0.717, 1.165) is 22.3 Å². The summed E-state index contributed by atoms with van der Waals surface area (Å²) in [6.07, 6.45) is 1.42. The van der Waals surface area contributed by atoms with Gasteiger partial charge in [0, 0.05) is 25.9 Å². The Balaban J connectivity index is 1.59. The zero-order valence-corrected chi connectivity index (χ0v) is 20.4. The molecule has 0 radical (unpaired) electrons. The Kier molecular flexibility index (Phi) is 9.04. The average Bonchev–Trinajstić information content (AvgIpc) is 2.94. The van der Waals surface area contributed by atoms with E-state index in [-0.39, 0.29) is 11.8 Å². The second kappa shape index (κ2) is 13.1. The molecule has 4 rings (SSSR count). The van der Waals surface area contributed by atoms with Crippen LogP contribution in [0.5, 0.6) is 0 Å². The Morgan fingerprint density at radius 1 is 0.611 bits per heavy atom. The molecule has 4 heteroatoms. The molecule has 0 aliphatic carbocycles. The summed E-state index contributed by atoms with van der Waals surface area (Å²) in [5.74, 6) is -0.176. The summed E-state index contributed by atoms with van der Waals surface area (Å²) >= 11 is 0. The lowest BCUT2D eigenvalue weighted by atomic mass is 10.0. The second-order valence-electron chi connectivity index (χ2n) is 8.90. The molecule has 0 heterocycles. The molecule has 0 bridgehead atoms. The van der Waals surface area contributed by atoms with E-state index >= 15 is 0 Å². The third kappa shape index (κ3) is 7.41. The molecule has 0 saturated heterocycles.